The normalized spacial score (nSPS) is 13.9. The van der Waals surface area contributed by atoms with Gasteiger partial charge in [-0.1, -0.05) is 35.9 Å². The van der Waals surface area contributed by atoms with E-state index in [0.717, 1.165) is 28.5 Å². The molecule has 0 aliphatic carbocycles. The molecule has 0 fully saturated rings. The number of hydrogen-bond donors (Lipinski definition) is 2. The van der Waals surface area contributed by atoms with Crippen LogP contribution in [0.3, 0.4) is 0 Å². The maximum atomic E-state index is 14.0. The number of aryl methyl sites for hydroxylation is 1. The van der Waals surface area contributed by atoms with Crippen LogP contribution in [0.2, 0.25) is 0 Å². The van der Waals surface area contributed by atoms with Crippen molar-refractivity contribution < 1.29 is 14.2 Å². The number of phenolic OH excluding ortho intramolecular Hbond substituents is 1. The second-order valence-electron chi connectivity index (χ2n) is 10.2. The van der Waals surface area contributed by atoms with Crippen LogP contribution >= 0.6 is 0 Å². The fraction of sp³-hybridized carbons (Fsp3) is 0.241. The maximum Gasteiger partial charge on any atom is 0.299 e. The standard InChI is InChI=1S/C29H27FN6O2/c1-17-5-4-6-19(11-17)22-12-18(7-8-23(22)37)9-10-32-26-24-27(36-28(33-24)38-16-29(36,2)3)35-25(34-26)20-13-21(30)15-31-14-20/h4-8,11-15,37H,9-10,16H2,1-3H3,(H,32,34,35). The molecule has 0 saturated heterocycles. The lowest BCUT2D eigenvalue weighted by Gasteiger charge is -2.18. The lowest BCUT2D eigenvalue weighted by molar-refractivity contribution is 0.268. The van der Waals surface area contributed by atoms with E-state index in [1.807, 2.05) is 41.8 Å². The van der Waals surface area contributed by atoms with Gasteiger partial charge in [-0.25, -0.2) is 14.4 Å². The number of imidazole rings is 1. The van der Waals surface area contributed by atoms with Gasteiger partial charge in [0.15, 0.2) is 22.8 Å². The highest BCUT2D eigenvalue weighted by molar-refractivity contribution is 5.86. The van der Waals surface area contributed by atoms with Crippen LogP contribution in [0.1, 0.15) is 25.0 Å². The Morgan fingerprint density at radius 2 is 1.92 bits per heavy atom. The number of aromatic hydroxyl groups is 1. The minimum Gasteiger partial charge on any atom is -0.507 e. The van der Waals surface area contributed by atoms with Crippen molar-refractivity contribution >= 4 is 17.0 Å². The van der Waals surface area contributed by atoms with Gasteiger partial charge in [0, 0.05) is 23.9 Å². The molecule has 0 unspecified atom stereocenters. The van der Waals surface area contributed by atoms with E-state index < -0.39 is 5.82 Å². The number of rotatable bonds is 6. The van der Waals surface area contributed by atoms with Crippen LogP contribution in [0.4, 0.5) is 10.2 Å². The summed E-state index contributed by atoms with van der Waals surface area (Å²) < 4.78 is 21.7. The molecular formula is C29H27FN6O2. The summed E-state index contributed by atoms with van der Waals surface area (Å²) in [4.78, 5) is 18.1. The molecule has 1 aliphatic rings. The third-order valence-corrected chi connectivity index (χ3v) is 6.70. The van der Waals surface area contributed by atoms with Gasteiger partial charge in [0.25, 0.3) is 6.01 Å². The van der Waals surface area contributed by atoms with Crippen LogP contribution in [-0.2, 0) is 12.0 Å². The van der Waals surface area contributed by atoms with Gasteiger partial charge in [0.2, 0.25) is 0 Å². The molecule has 3 aromatic heterocycles. The van der Waals surface area contributed by atoms with Gasteiger partial charge < -0.3 is 15.2 Å². The molecule has 1 aliphatic heterocycles. The Labute approximate surface area is 219 Å². The second-order valence-corrected chi connectivity index (χ2v) is 10.2. The molecule has 0 spiro atoms. The number of pyridine rings is 1. The van der Waals surface area contributed by atoms with Crippen LogP contribution < -0.4 is 10.1 Å². The third-order valence-electron chi connectivity index (χ3n) is 6.70. The molecule has 2 aromatic carbocycles. The molecule has 0 atom stereocenters. The van der Waals surface area contributed by atoms with Crippen LogP contribution in [0.15, 0.2) is 60.9 Å². The topological polar surface area (TPSA) is 98.0 Å². The molecule has 6 rings (SSSR count). The number of phenols is 1. The minimum atomic E-state index is -0.459. The highest BCUT2D eigenvalue weighted by atomic mass is 19.1. The second kappa shape index (κ2) is 9.09. The first-order chi connectivity index (χ1) is 18.3. The van der Waals surface area contributed by atoms with Crippen molar-refractivity contribution in [2.45, 2.75) is 32.7 Å². The average Bonchev–Trinajstić information content (AvgIpc) is 3.42. The quantitative estimate of drug-likeness (QED) is 0.312. The van der Waals surface area contributed by atoms with E-state index in [-0.39, 0.29) is 11.3 Å². The van der Waals surface area contributed by atoms with Gasteiger partial charge in [-0.05, 0) is 56.5 Å². The van der Waals surface area contributed by atoms with E-state index in [9.17, 15) is 9.50 Å². The molecule has 0 amide bonds. The number of benzene rings is 2. The summed E-state index contributed by atoms with van der Waals surface area (Å²) in [5.74, 6) is 0.671. The summed E-state index contributed by atoms with van der Waals surface area (Å²) in [5, 5.41) is 13.9. The molecule has 4 heterocycles. The number of aromatic nitrogens is 5. The Morgan fingerprint density at radius 3 is 2.74 bits per heavy atom. The molecule has 38 heavy (non-hydrogen) atoms. The van der Waals surface area contributed by atoms with Crippen molar-refractivity contribution in [1.29, 1.82) is 0 Å². The maximum absolute atomic E-state index is 14.0. The zero-order chi connectivity index (χ0) is 26.4. The van der Waals surface area contributed by atoms with Crippen molar-refractivity contribution in [2.75, 3.05) is 18.5 Å². The number of hydrogen-bond acceptors (Lipinski definition) is 7. The van der Waals surface area contributed by atoms with E-state index in [1.54, 1.807) is 12.3 Å². The fourth-order valence-corrected chi connectivity index (χ4v) is 4.78. The zero-order valence-corrected chi connectivity index (χ0v) is 21.4. The first-order valence-electron chi connectivity index (χ1n) is 12.5. The molecule has 8 nitrogen and oxygen atoms in total. The molecule has 0 radical (unpaired) electrons. The van der Waals surface area contributed by atoms with Gasteiger partial charge in [-0.15, -0.1) is 0 Å². The predicted octanol–water partition coefficient (Wildman–Crippen LogP) is 5.49. The monoisotopic (exact) mass is 510 g/mol. The largest absolute Gasteiger partial charge is 0.507 e. The van der Waals surface area contributed by atoms with Crippen molar-refractivity contribution in [2.24, 2.45) is 0 Å². The molecule has 5 aromatic rings. The number of anilines is 1. The number of nitrogens with one attached hydrogen (secondary N) is 1. The fourth-order valence-electron chi connectivity index (χ4n) is 4.78. The molecular weight excluding hydrogens is 483 g/mol. The summed E-state index contributed by atoms with van der Waals surface area (Å²) in [5.41, 5.74) is 5.29. The van der Waals surface area contributed by atoms with E-state index >= 15 is 0 Å². The Balaban J connectivity index is 1.33. The molecule has 192 valence electrons. The first kappa shape index (κ1) is 23.8. The Hall–Kier alpha value is -4.53. The first-order valence-corrected chi connectivity index (χ1v) is 12.5. The highest BCUT2D eigenvalue weighted by Gasteiger charge is 2.36. The zero-order valence-electron chi connectivity index (χ0n) is 21.4. The predicted molar refractivity (Wildman–Crippen MR) is 144 cm³/mol. The highest BCUT2D eigenvalue weighted by Crippen LogP contribution is 2.37. The summed E-state index contributed by atoms with van der Waals surface area (Å²) in [6, 6.07) is 15.6. The minimum absolute atomic E-state index is 0.244. The number of ether oxygens (including phenoxy) is 1. The van der Waals surface area contributed by atoms with Crippen LogP contribution in [0.25, 0.3) is 33.7 Å². The molecule has 0 bridgehead atoms. The lowest BCUT2D eigenvalue weighted by atomic mass is 9.99. The van der Waals surface area contributed by atoms with Crippen molar-refractivity contribution in [3.05, 3.63) is 77.9 Å². The molecule has 2 N–H and O–H groups in total. The summed E-state index contributed by atoms with van der Waals surface area (Å²) in [6.07, 6.45) is 3.37. The summed E-state index contributed by atoms with van der Waals surface area (Å²) in [7, 11) is 0. The lowest BCUT2D eigenvalue weighted by Crippen LogP contribution is -2.25. The van der Waals surface area contributed by atoms with E-state index in [1.165, 1.54) is 6.07 Å². The summed E-state index contributed by atoms with van der Waals surface area (Å²) in [6.45, 7) is 7.18. The van der Waals surface area contributed by atoms with Gasteiger partial charge in [0.05, 0.1) is 11.7 Å². The molecule has 9 heteroatoms. The smallest absolute Gasteiger partial charge is 0.299 e. The van der Waals surface area contributed by atoms with Crippen LogP contribution in [-0.4, -0.2) is 42.8 Å². The van der Waals surface area contributed by atoms with E-state index in [4.69, 9.17) is 14.7 Å². The SMILES string of the molecule is Cc1cccc(-c2cc(CCNc3nc(-c4cncc(F)c4)nc4c3nc3n4C(C)(C)CO3)ccc2O)c1. The van der Waals surface area contributed by atoms with Crippen LogP contribution in [0.5, 0.6) is 11.8 Å². The van der Waals surface area contributed by atoms with Gasteiger partial charge >= 0.3 is 0 Å². The van der Waals surface area contributed by atoms with Crippen molar-refractivity contribution in [1.82, 2.24) is 24.5 Å². The van der Waals surface area contributed by atoms with Gasteiger partial charge in [0.1, 0.15) is 18.2 Å². The Kier molecular flexibility index (Phi) is 5.71. The van der Waals surface area contributed by atoms with Crippen LogP contribution in [0, 0.1) is 12.7 Å². The number of halogens is 1. The van der Waals surface area contributed by atoms with E-state index in [2.05, 4.69) is 35.2 Å². The Bertz CT molecular complexity index is 1680. The van der Waals surface area contributed by atoms with Crippen molar-refractivity contribution in [3.63, 3.8) is 0 Å². The summed E-state index contributed by atoms with van der Waals surface area (Å²) >= 11 is 0. The Morgan fingerprint density at radius 1 is 1.05 bits per heavy atom. The number of fused-ring (bicyclic) bond motifs is 3. The van der Waals surface area contributed by atoms with E-state index in [0.29, 0.717) is 54.0 Å². The molecule has 0 saturated carbocycles. The third kappa shape index (κ3) is 4.30. The van der Waals surface area contributed by atoms with Crippen molar-refractivity contribution in [3.8, 4) is 34.3 Å². The van der Waals surface area contributed by atoms with Gasteiger partial charge in [-0.3, -0.25) is 9.55 Å². The average molecular weight is 511 g/mol. The van der Waals surface area contributed by atoms with Gasteiger partial charge in [-0.2, -0.15) is 4.98 Å². The number of nitrogens with zero attached hydrogens (tertiary/aromatic N) is 5.